The third-order valence-corrected chi connectivity index (χ3v) is 8.34. The third kappa shape index (κ3) is 5.36. The minimum absolute atomic E-state index is 0. The average molecular weight is 711 g/mol. The van der Waals surface area contributed by atoms with Crippen molar-refractivity contribution in [3.05, 3.63) is 101 Å². The first kappa shape index (κ1) is 28.9. The van der Waals surface area contributed by atoms with Crippen LogP contribution in [0.3, 0.4) is 0 Å². The van der Waals surface area contributed by atoms with Crippen LogP contribution >= 0.6 is 11.3 Å². The number of ketones is 1. The summed E-state index contributed by atoms with van der Waals surface area (Å²) in [5.41, 5.74) is 8.59. The van der Waals surface area contributed by atoms with E-state index < -0.39 is 0 Å². The van der Waals surface area contributed by atoms with Gasteiger partial charge in [-0.2, -0.15) is 0 Å². The van der Waals surface area contributed by atoms with Crippen molar-refractivity contribution in [1.82, 2.24) is 4.98 Å². The molecule has 0 saturated heterocycles. The molecule has 6 rings (SSSR count). The van der Waals surface area contributed by atoms with E-state index in [0.29, 0.717) is 5.92 Å². The number of allylic oxidation sites excluding steroid dienone is 2. The summed E-state index contributed by atoms with van der Waals surface area (Å²) in [5.74, 6) is 0.455. The van der Waals surface area contributed by atoms with Crippen molar-refractivity contribution in [3.63, 3.8) is 0 Å². The molecule has 5 heteroatoms. The maximum Gasteiger partial charge on any atom is 0.155 e. The molecule has 0 aliphatic heterocycles. The fourth-order valence-electron chi connectivity index (χ4n) is 5.46. The zero-order valence-electron chi connectivity index (χ0n) is 23.0. The van der Waals surface area contributed by atoms with Crippen molar-refractivity contribution in [2.75, 3.05) is 0 Å². The summed E-state index contributed by atoms with van der Waals surface area (Å²) in [6.45, 7) is 12.0. The Labute approximate surface area is 248 Å². The van der Waals surface area contributed by atoms with Gasteiger partial charge in [0.05, 0.1) is 11.3 Å². The Balaban J connectivity index is 0.000000394. The largest absolute Gasteiger partial charge is 0.512 e. The summed E-state index contributed by atoms with van der Waals surface area (Å²) >= 11 is 1.91. The second kappa shape index (κ2) is 11.2. The fraction of sp³-hybridized carbons (Fsp3) is 0.235. The smallest absolute Gasteiger partial charge is 0.155 e. The van der Waals surface area contributed by atoms with E-state index in [1.165, 1.54) is 62.5 Å². The van der Waals surface area contributed by atoms with Gasteiger partial charge in [0.15, 0.2) is 5.78 Å². The molecule has 3 aromatic carbocycles. The molecule has 0 saturated carbocycles. The molecule has 0 atom stereocenters. The number of pyridine rings is 1. The van der Waals surface area contributed by atoms with Gasteiger partial charge in [-0.15, -0.1) is 40.7 Å². The first-order valence-corrected chi connectivity index (χ1v) is 13.8. The number of benzene rings is 3. The topological polar surface area (TPSA) is 50.2 Å². The van der Waals surface area contributed by atoms with Crippen molar-refractivity contribution >= 4 is 38.1 Å². The Kier molecular flexibility index (Phi) is 8.27. The van der Waals surface area contributed by atoms with Gasteiger partial charge in [-0.05, 0) is 71.0 Å². The third-order valence-electron chi connectivity index (χ3n) is 7.14. The van der Waals surface area contributed by atoms with E-state index in [2.05, 4.69) is 100 Å². The van der Waals surface area contributed by atoms with Gasteiger partial charge in [-0.1, -0.05) is 69.7 Å². The molecule has 201 valence electrons. The van der Waals surface area contributed by atoms with E-state index >= 15 is 0 Å². The number of aromatic nitrogens is 1. The molecule has 1 radical (unpaired) electrons. The Morgan fingerprint density at radius 2 is 1.77 bits per heavy atom. The number of carbonyl (C=O) groups excluding carboxylic acids is 1. The summed E-state index contributed by atoms with van der Waals surface area (Å²) in [7, 11) is 0. The van der Waals surface area contributed by atoms with Crippen LogP contribution in [0.15, 0.2) is 78.6 Å². The van der Waals surface area contributed by atoms with E-state index in [1.54, 1.807) is 0 Å². The summed E-state index contributed by atoms with van der Waals surface area (Å²) in [6, 6.07) is 27.6. The van der Waals surface area contributed by atoms with Crippen molar-refractivity contribution in [2.45, 2.75) is 52.9 Å². The molecule has 2 aromatic heterocycles. The first-order chi connectivity index (χ1) is 18.1. The predicted molar refractivity (Wildman–Crippen MR) is 160 cm³/mol. The second-order valence-corrected chi connectivity index (χ2v) is 11.8. The first-order valence-electron chi connectivity index (χ1n) is 12.9. The Hall–Kier alpha value is -3.11. The van der Waals surface area contributed by atoms with Crippen LogP contribution in [-0.4, -0.2) is 15.9 Å². The Morgan fingerprint density at radius 3 is 2.44 bits per heavy atom. The van der Waals surface area contributed by atoms with Gasteiger partial charge in [0.1, 0.15) is 0 Å². The van der Waals surface area contributed by atoms with Gasteiger partial charge >= 0.3 is 0 Å². The molecule has 0 unspecified atom stereocenters. The van der Waals surface area contributed by atoms with Crippen LogP contribution in [0.2, 0.25) is 0 Å². The van der Waals surface area contributed by atoms with Crippen LogP contribution in [-0.2, 0) is 30.3 Å². The van der Waals surface area contributed by atoms with Crippen LogP contribution < -0.4 is 0 Å². The van der Waals surface area contributed by atoms with E-state index in [0.717, 1.165) is 16.8 Å². The number of nitrogens with zero attached hydrogens (tertiary/aromatic N) is 1. The van der Waals surface area contributed by atoms with Gasteiger partial charge in [0.25, 0.3) is 0 Å². The Morgan fingerprint density at radius 1 is 1.03 bits per heavy atom. The summed E-state index contributed by atoms with van der Waals surface area (Å²) in [6.07, 6.45) is 1.17. The summed E-state index contributed by atoms with van der Waals surface area (Å²) in [5, 5.41) is 10.9. The van der Waals surface area contributed by atoms with Crippen molar-refractivity contribution in [3.8, 4) is 21.7 Å². The predicted octanol–water partition coefficient (Wildman–Crippen LogP) is 9.38. The molecular formula is C34H32IrNO2S-. The monoisotopic (exact) mass is 711 g/mol. The molecular weight excluding hydrogens is 679 g/mol. The van der Waals surface area contributed by atoms with Gasteiger partial charge in [0, 0.05) is 35.8 Å². The van der Waals surface area contributed by atoms with E-state index in [9.17, 15) is 4.79 Å². The molecule has 2 heterocycles. The molecule has 0 fully saturated rings. The van der Waals surface area contributed by atoms with Gasteiger partial charge in [-0.25, -0.2) is 0 Å². The van der Waals surface area contributed by atoms with Crippen LogP contribution in [0.25, 0.3) is 42.7 Å². The number of hydrogen-bond donors (Lipinski definition) is 1. The van der Waals surface area contributed by atoms with E-state index in [-0.39, 0.29) is 37.1 Å². The Bertz CT molecular complexity index is 1720. The molecule has 0 spiro atoms. The number of rotatable bonds is 3. The molecule has 39 heavy (non-hydrogen) atoms. The molecule has 3 nitrogen and oxygen atoms in total. The van der Waals surface area contributed by atoms with E-state index in [4.69, 9.17) is 10.1 Å². The number of aliphatic hydroxyl groups is 1. The molecule has 1 aliphatic carbocycles. The number of hydrogen-bond acceptors (Lipinski definition) is 4. The molecule has 5 aromatic rings. The number of aliphatic hydroxyl groups excluding tert-OH is 1. The summed E-state index contributed by atoms with van der Waals surface area (Å²) < 4.78 is 1.37. The number of thiophene rings is 1. The minimum atomic E-state index is -0.125. The van der Waals surface area contributed by atoms with Crippen molar-refractivity contribution in [1.29, 1.82) is 0 Å². The molecule has 0 bridgehead atoms. The maximum absolute atomic E-state index is 10.0. The second-order valence-electron chi connectivity index (χ2n) is 10.8. The van der Waals surface area contributed by atoms with Crippen LogP contribution in [0.1, 0.15) is 64.2 Å². The molecule has 1 aliphatic rings. The van der Waals surface area contributed by atoms with Gasteiger partial charge in [-0.3, -0.25) is 9.78 Å². The van der Waals surface area contributed by atoms with Crippen LogP contribution in [0, 0.1) is 6.07 Å². The number of fused-ring (bicyclic) bond motifs is 6. The van der Waals surface area contributed by atoms with Gasteiger partial charge < -0.3 is 5.11 Å². The average Bonchev–Trinajstić information content (AvgIpc) is 3.37. The van der Waals surface area contributed by atoms with Crippen molar-refractivity contribution in [2.24, 2.45) is 0 Å². The SMILES string of the molecule is CC(=O)/C=C(/C)O.CC(C)c1ccc2nc(-c3[c-]ccc4c3C(C)(C)c3c-4sc4ccccc34)ccc2c1.[Ir]. The normalized spacial score (nSPS) is 13.5. The van der Waals surface area contributed by atoms with E-state index in [1.807, 2.05) is 11.3 Å². The molecule has 0 amide bonds. The summed E-state index contributed by atoms with van der Waals surface area (Å²) in [4.78, 5) is 16.5. The maximum atomic E-state index is 10.0. The van der Waals surface area contributed by atoms with Crippen molar-refractivity contribution < 1.29 is 30.0 Å². The fourth-order valence-corrected chi connectivity index (χ4v) is 6.85. The van der Waals surface area contributed by atoms with Gasteiger partial charge in [0.2, 0.25) is 0 Å². The minimum Gasteiger partial charge on any atom is -0.512 e. The quantitative estimate of drug-likeness (QED) is 0.115. The zero-order chi connectivity index (χ0) is 27.2. The van der Waals surface area contributed by atoms with Crippen LogP contribution in [0.4, 0.5) is 0 Å². The number of carbonyl (C=O) groups is 1. The molecule has 1 N–H and O–H groups in total. The zero-order valence-corrected chi connectivity index (χ0v) is 26.3. The standard InChI is InChI=1S/C29H24NS.C5H8O2.Ir/c1-17(2)18-12-14-23-19(16-18)13-15-24(30-23)20-9-7-10-22-26(20)29(3,4)27-21-8-5-6-11-25(21)31-28(22)27;1-4(6)3-5(2)7;/h5-8,10-17H,1-4H3;3,6H,1-2H3;/q-1;;/b;4-3-;. The van der Waals surface area contributed by atoms with Crippen LogP contribution in [0.5, 0.6) is 0 Å².